The quantitative estimate of drug-likeness (QED) is 0.341. The third-order valence-corrected chi connectivity index (χ3v) is 5.97. The van der Waals surface area contributed by atoms with Crippen LogP contribution >= 0.6 is 11.6 Å². The molecule has 3 unspecified atom stereocenters. The van der Waals surface area contributed by atoms with Gasteiger partial charge in [-0.15, -0.1) is 0 Å². The number of carbonyl (C=O) groups is 4. The highest BCUT2D eigenvalue weighted by molar-refractivity contribution is 6.30. The van der Waals surface area contributed by atoms with E-state index in [1.807, 2.05) is 10.6 Å². The van der Waals surface area contributed by atoms with Crippen molar-refractivity contribution in [2.75, 3.05) is 7.11 Å². The van der Waals surface area contributed by atoms with Crippen LogP contribution < -0.4 is 20.7 Å². The summed E-state index contributed by atoms with van der Waals surface area (Å²) in [6, 6.07) is 4.57. The Kier molecular flexibility index (Phi) is 10.6. The molecule has 0 fully saturated rings. The van der Waals surface area contributed by atoms with Gasteiger partial charge in [-0.2, -0.15) is 22.0 Å². The van der Waals surface area contributed by atoms with Crippen LogP contribution in [0.5, 0.6) is 5.75 Å². The van der Waals surface area contributed by atoms with E-state index in [4.69, 9.17) is 16.3 Å². The summed E-state index contributed by atoms with van der Waals surface area (Å²) >= 11 is 5.72. The highest BCUT2D eigenvalue weighted by atomic mass is 35.5. The van der Waals surface area contributed by atoms with Crippen LogP contribution in [0.1, 0.15) is 37.9 Å². The van der Waals surface area contributed by atoms with Crippen molar-refractivity contribution in [2.45, 2.75) is 51.0 Å². The maximum Gasteiger partial charge on any atom is 0.452 e. The zero-order valence-electron chi connectivity index (χ0n) is 21.7. The van der Waals surface area contributed by atoms with Crippen LogP contribution in [-0.2, 0) is 25.1 Å². The predicted molar refractivity (Wildman–Crippen MR) is 135 cm³/mol. The molecule has 218 valence electrons. The molecule has 0 aromatic heterocycles. The van der Waals surface area contributed by atoms with Gasteiger partial charge in [0.15, 0.2) is 0 Å². The van der Waals surface area contributed by atoms with Crippen molar-refractivity contribution >= 4 is 35.1 Å². The first-order valence-electron chi connectivity index (χ1n) is 11.8. The molecular formula is C26H27ClF5N3O5. The molecule has 0 spiro atoms. The maximum absolute atomic E-state index is 14.7. The van der Waals surface area contributed by atoms with Crippen molar-refractivity contribution in [3.8, 4) is 5.75 Å². The largest absolute Gasteiger partial charge is 0.497 e. The summed E-state index contributed by atoms with van der Waals surface area (Å²) in [6.07, 6.45) is -5.24. The first-order chi connectivity index (χ1) is 18.5. The molecule has 0 bridgehead atoms. The number of nitrogens with one attached hydrogen (secondary N) is 3. The lowest BCUT2D eigenvalue weighted by Crippen LogP contribution is -2.55. The van der Waals surface area contributed by atoms with Crippen LogP contribution in [0, 0.1) is 5.92 Å². The standard InChI is InChI=1S/C26H27ClF5N3O5/c1-13(2)19(21(36)26(30,31)32)34-23(38)20(15-8-10-18(40-4)11-9-15)35-22(37)14(3)33-24(39)25(28,29)16-6-5-7-17(27)12-16/h5-14,19-20H,1-4H3,(H,33,39)(H,34,38)(H,35,37). The summed E-state index contributed by atoms with van der Waals surface area (Å²) in [5.74, 6) is -11.0. The average Bonchev–Trinajstić information content (AvgIpc) is 2.88. The van der Waals surface area contributed by atoms with E-state index in [0.717, 1.165) is 19.1 Å². The number of alkyl halides is 5. The number of halogens is 6. The first-order valence-corrected chi connectivity index (χ1v) is 12.2. The van der Waals surface area contributed by atoms with E-state index in [9.17, 15) is 41.1 Å². The average molecular weight is 592 g/mol. The Bertz CT molecular complexity index is 1240. The number of carbonyl (C=O) groups excluding carboxylic acids is 4. The lowest BCUT2D eigenvalue weighted by molar-refractivity contribution is -0.175. The summed E-state index contributed by atoms with van der Waals surface area (Å²) in [5.41, 5.74) is -0.661. The number of methoxy groups -OCH3 is 1. The number of ketones is 1. The van der Waals surface area contributed by atoms with Gasteiger partial charge in [0.05, 0.1) is 13.2 Å². The Labute approximate surface area is 231 Å². The minimum Gasteiger partial charge on any atom is -0.497 e. The summed E-state index contributed by atoms with van der Waals surface area (Å²) in [6.45, 7) is 3.63. The van der Waals surface area contributed by atoms with Gasteiger partial charge in [-0.3, -0.25) is 19.2 Å². The zero-order valence-corrected chi connectivity index (χ0v) is 22.5. The molecule has 3 N–H and O–H groups in total. The monoisotopic (exact) mass is 591 g/mol. The number of amides is 3. The van der Waals surface area contributed by atoms with E-state index in [0.29, 0.717) is 5.75 Å². The first kappa shape index (κ1) is 32.5. The van der Waals surface area contributed by atoms with Gasteiger partial charge in [-0.05, 0) is 42.7 Å². The lowest BCUT2D eigenvalue weighted by Gasteiger charge is -2.27. The van der Waals surface area contributed by atoms with Crippen LogP contribution in [0.3, 0.4) is 0 Å². The van der Waals surface area contributed by atoms with E-state index in [-0.39, 0.29) is 10.6 Å². The van der Waals surface area contributed by atoms with Gasteiger partial charge in [-0.1, -0.05) is 49.7 Å². The predicted octanol–water partition coefficient (Wildman–Crippen LogP) is 4.07. The van der Waals surface area contributed by atoms with Crippen LogP contribution in [0.2, 0.25) is 5.02 Å². The molecule has 3 amide bonds. The molecule has 14 heteroatoms. The van der Waals surface area contributed by atoms with Gasteiger partial charge in [0, 0.05) is 10.6 Å². The molecule has 0 aliphatic heterocycles. The van der Waals surface area contributed by atoms with Gasteiger partial charge in [0.2, 0.25) is 11.8 Å². The fourth-order valence-corrected chi connectivity index (χ4v) is 3.67. The molecule has 0 saturated heterocycles. The summed E-state index contributed by atoms with van der Waals surface area (Å²) < 4.78 is 73.7. The van der Waals surface area contributed by atoms with Crippen LogP contribution in [0.25, 0.3) is 0 Å². The molecule has 2 aromatic carbocycles. The third-order valence-electron chi connectivity index (χ3n) is 5.74. The van der Waals surface area contributed by atoms with E-state index < -0.39 is 65.2 Å². The fourth-order valence-electron chi connectivity index (χ4n) is 3.48. The second-order valence-corrected chi connectivity index (χ2v) is 9.52. The van der Waals surface area contributed by atoms with Gasteiger partial charge >= 0.3 is 12.1 Å². The van der Waals surface area contributed by atoms with Crippen molar-refractivity contribution in [3.05, 3.63) is 64.7 Å². The molecule has 2 rings (SSSR count). The molecule has 3 atom stereocenters. The van der Waals surface area contributed by atoms with E-state index >= 15 is 0 Å². The summed E-state index contributed by atoms with van der Waals surface area (Å²) in [4.78, 5) is 50.2. The van der Waals surface area contributed by atoms with Crippen molar-refractivity contribution in [2.24, 2.45) is 5.92 Å². The summed E-state index contributed by atoms with van der Waals surface area (Å²) in [5, 5.41) is 6.05. The molecule has 40 heavy (non-hydrogen) atoms. The number of benzene rings is 2. The minimum absolute atomic E-state index is 0.0483. The summed E-state index contributed by atoms with van der Waals surface area (Å²) in [7, 11) is 1.36. The third kappa shape index (κ3) is 8.13. The van der Waals surface area contributed by atoms with Gasteiger partial charge < -0.3 is 20.7 Å². The van der Waals surface area contributed by atoms with Crippen molar-refractivity contribution < 1.29 is 45.9 Å². The van der Waals surface area contributed by atoms with Gasteiger partial charge in [0.1, 0.15) is 17.8 Å². The molecule has 0 aliphatic rings. The highest BCUT2D eigenvalue weighted by Crippen LogP contribution is 2.30. The molecule has 2 aromatic rings. The second kappa shape index (κ2) is 13.1. The van der Waals surface area contributed by atoms with Crippen molar-refractivity contribution in [1.82, 2.24) is 16.0 Å². The Morgan fingerprint density at radius 1 is 0.850 bits per heavy atom. The van der Waals surface area contributed by atoms with E-state index in [1.54, 1.807) is 0 Å². The smallest absolute Gasteiger partial charge is 0.452 e. The molecule has 8 nitrogen and oxygen atoms in total. The minimum atomic E-state index is -5.24. The molecule has 0 heterocycles. The molecule has 0 radical (unpaired) electrons. The van der Waals surface area contributed by atoms with Gasteiger partial charge in [-0.25, -0.2) is 0 Å². The van der Waals surface area contributed by atoms with Crippen molar-refractivity contribution in [1.29, 1.82) is 0 Å². The van der Waals surface area contributed by atoms with E-state index in [1.165, 1.54) is 57.4 Å². The topological polar surface area (TPSA) is 114 Å². The Balaban J connectivity index is 2.29. The molecular weight excluding hydrogens is 565 g/mol. The highest BCUT2D eigenvalue weighted by Gasteiger charge is 2.46. The van der Waals surface area contributed by atoms with Crippen LogP contribution in [0.4, 0.5) is 22.0 Å². The van der Waals surface area contributed by atoms with Gasteiger partial charge in [0.25, 0.3) is 11.7 Å². The van der Waals surface area contributed by atoms with Crippen LogP contribution in [-0.4, -0.2) is 48.9 Å². The number of ether oxygens (including phenoxy) is 1. The Morgan fingerprint density at radius 2 is 1.45 bits per heavy atom. The van der Waals surface area contributed by atoms with Crippen LogP contribution in [0.15, 0.2) is 48.5 Å². The molecule has 0 saturated carbocycles. The SMILES string of the molecule is COc1ccc(C(NC(=O)C(C)NC(=O)C(F)(F)c2cccc(Cl)c2)C(=O)NC(C(=O)C(F)(F)F)C(C)C)cc1. The Hall–Kier alpha value is -3.74. The normalized spacial score (nSPS) is 14.1. The molecule has 0 aliphatic carbocycles. The fraction of sp³-hybridized carbons (Fsp3) is 0.385. The number of Topliss-reactive ketones (excluding diaryl/α,β-unsaturated/α-hetero) is 1. The second-order valence-electron chi connectivity index (χ2n) is 9.09. The van der Waals surface area contributed by atoms with Crippen molar-refractivity contribution in [3.63, 3.8) is 0 Å². The maximum atomic E-state index is 14.7. The Morgan fingerprint density at radius 3 is 1.95 bits per heavy atom. The number of rotatable bonds is 11. The van der Waals surface area contributed by atoms with E-state index in [2.05, 4.69) is 5.32 Å². The number of hydrogen-bond donors (Lipinski definition) is 3. The zero-order chi connectivity index (χ0) is 30.4. The lowest BCUT2D eigenvalue weighted by atomic mass is 9.97. The number of hydrogen-bond acceptors (Lipinski definition) is 5.